The third kappa shape index (κ3) is 3.91. The lowest BCUT2D eigenvalue weighted by Gasteiger charge is -2.25. The second-order valence-corrected chi connectivity index (χ2v) is 8.51. The van der Waals surface area contributed by atoms with Gasteiger partial charge < -0.3 is 19.3 Å². The predicted molar refractivity (Wildman–Crippen MR) is 123 cm³/mol. The van der Waals surface area contributed by atoms with Crippen LogP contribution in [0.5, 0.6) is 5.75 Å². The van der Waals surface area contributed by atoms with Gasteiger partial charge in [0.1, 0.15) is 17.6 Å². The number of imidazole rings is 1. The summed E-state index contributed by atoms with van der Waals surface area (Å²) in [6, 6.07) is 14.1. The Kier molecular flexibility index (Phi) is 5.46. The minimum Gasteiger partial charge on any atom is -0.507 e. The van der Waals surface area contributed by atoms with Crippen molar-refractivity contribution >= 4 is 17.4 Å². The molecule has 0 unspecified atom stereocenters. The lowest BCUT2D eigenvalue weighted by atomic mass is 9.94. The normalized spacial score (nSPS) is 21.3. The van der Waals surface area contributed by atoms with Crippen LogP contribution in [0.15, 0.2) is 72.8 Å². The number of hydrogen-bond acceptors (Lipinski definition) is 5. The van der Waals surface area contributed by atoms with Gasteiger partial charge in [0.25, 0.3) is 11.7 Å². The summed E-state index contributed by atoms with van der Waals surface area (Å²) in [5.74, 6) is -0.608. The maximum absolute atomic E-state index is 13.1. The molecule has 1 N–H and O–H groups in total. The smallest absolute Gasteiger partial charge is 0.295 e. The van der Waals surface area contributed by atoms with Gasteiger partial charge in [-0.2, -0.15) is 0 Å². The summed E-state index contributed by atoms with van der Waals surface area (Å²) >= 11 is 0. The van der Waals surface area contributed by atoms with Crippen LogP contribution in [-0.2, 0) is 22.6 Å². The number of nitrogens with zero attached hydrogens (tertiary/aromatic N) is 3. The Bertz CT molecular complexity index is 1220. The van der Waals surface area contributed by atoms with Crippen LogP contribution in [0.2, 0.25) is 0 Å². The topological polar surface area (TPSA) is 84.7 Å². The number of benzene rings is 2. The first-order valence-electron chi connectivity index (χ1n) is 11.1. The highest BCUT2D eigenvalue weighted by atomic mass is 16.5. The van der Waals surface area contributed by atoms with Crippen molar-refractivity contribution in [3.05, 3.63) is 89.5 Å². The highest BCUT2D eigenvalue weighted by Gasteiger charge is 2.45. The van der Waals surface area contributed by atoms with E-state index in [4.69, 9.17) is 4.74 Å². The Morgan fingerprint density at radius 1 is 1.15 bits per heavy atom. The molecule has 0 saturated carbocycles. The van der Waals surface area contributed by atoms with Gasteiger partial charge in [0.2, 0.25) is 0 Å². The fourth-order valence-corrected chi connectivity index (χ4v) is 4.66. The molecule has 33 heavy (non-hydrogen) atoms. The molecule has 7 nitrogen and oxygen atoms in total. The monoisotopic (exact) mass is 443 g/mol. The molecule has 3 heterocycles. The maximum atomic E-state index is 13.1. The van der Waals surface area contributed by atoms with E-state index >= 15 is 0 Å². The van der Waals surface area contributed by atoms with Crippen LogP contribution in [0.4, 0.5) is 0 Å². The Morgan fingerprint density at radius 3 is 2.73 bits per heavy atom. The summed E-state index contributed by atoms with van der Waals surface area (Å²) in [6.07, 6.45) is 6.76. The van der Waals surface area contributed by atoms with E-state index in [2.05, 4.69) is 4.98 Å². The van der Waals surface area contributed by atoms with E-state index in [9.17, 15) is 14.7 Å². The van der Waals surface area contributed by atoms with Gasteiger partial charge in [0, 0.05) is 37.5 Å². The number of amides is 1. The molecule has 0 bridgehead atoms. The number of aryl methyl sites for hydroxylation is 1. The minimum atomic E-state index is -0.658. The molecule has 2 aromatic carbocycles. The molecule has 0 radical (unpaired) electrons. The molecule has 1 fully saturated rings. The van der Waals surface area contributed by atoms with Gasteiger partial charge in [-0.3, -0.25) is 9.59 Å². The van der Waals surface area contributed by atoms with Gasteiger partial charge in [-0.25, -0.2) is 4.98 Å². The fourth-order valence-electron chi connectivity index (χ4n) is 4.66. The maximum Gasteiger partial charge on any atom is 0.295 e. The second-order valence-electron chi connectivity index (χ2n) is 8.51. The Labute approximate surface area is 191 Å². The molecule has 1 saturated heterocycles. The van der Waals surface area contributed by atoms with Crippen molar-refractivity contribution in [3.63, 3.8) is 0 Å². The zero-order valence-electron chi connectivity index (χ0n) is 18.3. The lowest BCUT2D eigenvalue weighted by molar-refractivity contribution is -0.139. The lowest BCUT2D eigenvalue weighted by Crippen LogP contribution is -2.31. The molecule has 0 aliphatic carbocycles. The van der Waals surface area contributed by atoms with Crippen LogP contribution < -0.4 is 4.74 Å². The largest absolute Gasteiger partial charge is 0.507 e. The van der Waals surface area contributed by atoms with Gasteiger partial charge >= 0.3 is 0 Å². The first-order valence-corrected chi connectivity index (χ1v) is 11.1. The molecule has 1 aromatic heterocycles. The van der Waals surface area contributed by atoms with E-state index in [0.717, 1.165) is 23.3 Å². The number of aliphatic hydroxyl groups is 1. The molecule has 0 spiro atoms. The number of hydrogen-bond donors (Lipinski definition) is 1. The molecule has 1 amide bonds. The molecule has 2 aliphatic heterocycles. The van der Waals surface area contributed by atoms with Gasteiger partial charge in [0.15, 0.2) is 0 Å². The molecular formula is C26H25N3O4. The van der Waals surface area contributed by atoms with Gasteiger partial charge in [-0.1, -0.05) is 30.3 Å². The van der Waals surface area contributed by atoms with E-state index < -0.39 is 17.7 Å². The number of aliphatic hydroxyl groups excluding tert-OH is 1. The molecule has 3 aromatic rings. The van der Waals surface area contributed by atoms with Gasteiger partial charge in [0.05, 0.1) is 17.9 Å². The first-order chi connectivity index (χ1) is 16.0. The summed E-state index contributed by atoms with van der Waals surface area (Å²) in [7, 11) is 0. The van der Waals surface area contributed by atoms with E-state index in [0.29, 0.717) is 25.1 Å². The number of fused-ring (bicyclic) bond motifs is 1. The number of rotatable bonds is 6. The minimum absolute atomic E-state index is 0.0720. The van der Waals surface area contributed by atoms with Gasteiger partial charge in [-0.05, 0) is 42.7 Å². The van der Waals surface area contributed by atoms with Crippen LogP contribution >= 0.6 is 0 Å². The highest BCUT2D eigenvalue weighted by Crippen LogP contribution is 2.40. The van der Waals surface area contributed by atoms with Crippen molar-refractivity contribution in [2.75, 3.05) is 6.54 Å². The van der Waals surface area contributed by atoms with Crippen molar-refractivity contribution in [1.82, 2.24) is 14.5 Å². The van der Waals surface area contributed by atoms with Crippen molar-refractivity contribution in [3.8, 4) is 5.75 Å². The molecule has 2 atom stereocenters. The summed E-state index contributed by atoms with van der Waals surface area (Å²) in [5.41, 5.74) is 2.42. The van der Waals surface area contributed by atoms with E-state index in [1.807, 2.05) is 60.2 Å². The van der Waals surface area contributed by atoms with Crippen LogP contribution in [0, 0.1) is 0 Å². The number of ketones is 1. The zero-order chi connectivity index (χ0) is 22.9. The Balaban J connectivity index is 1.51. The van der Waals surface area contributed by atoms with E-state index in [-0.39, 0.29) is 17.4 Å². The van der Waals surface area contributed by atoms with E-state index in [1.165, 1.54) is 0 Å². The molecule has 7 heteroatoms. The summed E-state index contributed by atoms with van der Waals surface area (Å²) in [4.78, 5) is 31.8. The molecule has 5 rings (SSSR count). The molecule has 168 valence electrons. The highest BCUT2D eigenvalue weighted by molar-refractivity contribution is 6.46. The average Bonchev–Trinajstić information content (AvgIpc) is 3.53. The Morgan fingerprint density at radius 2 is 1.97 bits per heavy atom. The third-order valence-electron chi connectivity index (χ3n) is 6.20. The first kappa shape index (κ1) is 21.0. The average molecular weight is 444 g/mol. The van der Waals surface area contributed by atoms with Crippen molar-refractivity contribution in [2.24, 2.45) is 0 Å². The quantitative estimate of drug-likeness (QED) is 0.357. The third-order valence-corrected chi connectivity index (χ3v) is 6.20. The Hall–Kier alpha value is -3.87. The summed E-state index contributed by atoms with van der Waals surface area (Å²) in [5, 5.41) is 11.3. The van der Waals surface area contributed by atoms with Gasteiger partial charge in [-0.15, -0.1) is 0 Å². The van der Waals surface area contributed by atoms with Crippen LogP contribution in [0.1, 0.15) is 36.1 Å². The summed E-state index contributed by atoms with van der Waals surface area (Å²) < 4.78 is 7.69. The number of ether oxygens (including phenoxy) is 1. The van der Waals surface area contributed by atoms with Crippen LogP contribution in [0.3, 0.4) is 0 Å². The van der Waals surface area contributed by atoms with Crippen LogP contribution in [0.25, 0.3) is 5.76 Å². The van der Waals surface area contributed by atoms with Crippen molar-refractivity contribution < 1.29 is 19.4 Å². The number of likely N-dealkylation sites (tertiary alicyclic amines) is 1. The fraction of sp³-hybridized carbons (Fsp3) is 0.269. The molecular weight excluding hydrogens is 418 g/mol. The van der Waals surface area contributed by atoms with Crippen molar-refractivity contribution in [1.29, 1.82) is 0 Å². The SMILES string of the molecule is C[C@H]1Cc2cc(/C(O)=C3\C(=O)C(=O)N(CCCn4ccnc4)[C@H]3c3ccccc3)ccc2O1. The van der Waals surface area contributed by atoms with Crippen LogP contribution in [-0.4, -0.2) is 43.9 Å². The zero-order valence-corrected chi connectivity index (χ0v) is 18.3. The number of aromatic nitrogens is 2. The molecule has 2 aliphatic rings. The number of carbonyl (C=O) groups is 2. The number of carbonyl (C=O) groups excluding carboxylic acids is 2. The standard InChI is InChI=1S/C26H25N3O4/c1-17-14-20-15-19(8-9-21(20)33-17)24(30)22-23(18-6-3-2-4-7-18)29(26(32)25(22)31)12-5-11-28-13-10-27-16-28/h2-4,6-10,13,15-17,23,30H,5,11-12,14H2,1H3/b24-22+/t17-,23-/m0/s1. The predicted octanol–water partition coefficient (Wildman–Crippen LogP) is 3.72. The second kappa shape index (κ2) is 8.58. The van der Waals surface area contributed by atoms with E-state index in [1.54, 1.807) is 23.5 Å². The number of Topliss-reactive ketones (excluding diaryl/α,β-unsaturated/α-hetero) is 1. The van der Waals surface area contributed by atoms with Crippen molar-refractivity contribution in [2.45, 2.75) is 38.5 Å². The summed E-state index contributed by atoms with van der Waals surface area (Å²) in [6.45, 7) is 3.05.